The highest BCUT2D eigenvalue weighted by atomic mass is 16.5. The molecule has 1 aromatic heterocycles. The SMILES string of the molecule is Cc1ccc(Oc2ccc([C@H](C)O)nc2)c(C)c1. The van der Waals surface area contributed by atoms with E-state index in [0.717, 1.165) is 11.3 Å². The number of hydrogen-bond acceptors (Lipinski definition) is 3. The van der Waals surface area contributed by atoms with Crippen molar-refractivity contribution in [3.8, 4) is 11.5 Å². The lowest BCUT2D eigenvalue weighted by Crippen LogP contribution is -1.95. The van der Waals surface area contributed by atoms with Crippen molar-refractivity contribution in [1.82, 2.24) is 4.98 Å². The highest BCUT2D eigenvalue weighted by molar-refractivity contribution is 5.38. The standard InChI is InChI=1S/C15H17NO2/c1-10-4-7-15(11(2)8-10)18-13-5-6-14(12(3)17)16-9-13/h4-9,12,17H,1-3H3/t12-/m0/s1. The van der Waals surface area contributed by atoms with E-state index in [0.29, 0.717) is 11.4 Å². The van der Waals surface area contributed by atoms with Gasteiger partial charge in [-0.25, -0.2) is 0 Å². The fourth-order valence-corrected chi connectivity index (χ4v) is 1.74. The van der Waals surface area contributed by atoms with Gasteiger partial charge in [-0.15, -0.1) is 0 Å². The van der Waals surface area contributed by atoms with Gasteiger partial charge in [-0.05, 0) is 44.5 Å². The first-order valence-electron chi connectivity index (χ1n) is 5.95. The van der Waals surface area contributed by atoms with Gasteiger partial charge in [-0.3, -0.25) is 4.98 Å². The van der Waals surface area contributed by atoms with Crippen LogP contribution >= 0.6 is 0 Å². The predicted molar refractivity (Wildman–Crippen MR) is 70.9 cm³/mol. The molecule has 0 saturated carbocycles. The molecule has 0 spiro atoms. The molecule has 0 aliphatic rings. The molecular formula is C15H17NO2. The molecule has 0 radical (unpaired) electrons. The third-order valence-electron chi connectivity index (χ3n) is 2.75. The Labute approximate surface area is 107 Å². The quantitative estimate of drug-likeness (QED) is 0.896. The van der Waals surface area contributed by atoms with Gasteiger partial charge in [0, 0.05) is 0 Å². The smallest absolute Gasteiger partial charge is 0.145 e. The van der Waals surface area contributed by atoms with Gasteiger partial charge in [-0.1, -0.05) is 17.7 Å². The number of aliphatic hydroxyl groups is 1. The molecule has 0 aliphatic carbocycles. The monoisotopic (exact) mass is 243 g/mol. The van der Waals surface area contributed by atoms with Crippen LogP contribution in [-0.4, -0.2) is 10.1 Å². The Morgan fingerprint density at radius 3 is 2.50 bits per heavy atom. The molecule has 0 fully saturated rings. The molecular weight excluding hydrogens is 226 g/mol. The first kappa shape index (κ1) is 12.6. The molecule has 1 atom stereocenters. The number of hydrogen-bond donors (Lipinski definition) is 1. The Kier molecular flexibility index (Phi) is 3.63. The molecule has 1 heterocycles. The second kappa shape index (κ2) is 5.19. The number of aryl methyl sites for hydroxylation is 2. The first-order valence-corrected chi connectivity index (χ1v) is 5.95. The van der Waals surface area contributed by atoms with Crippen molar-refractivity contribution < 1.29 is 9.84 Å². The Bertz CT molecular complexity index is 533. The number of aromatic nitrogens is 1. The van der Waals surface area contributed by atoms with E-state index in [-0.39, 0.29) is 0 Å². The molecule has 3 heteroatoms. The van der Waals surface area contributed by atoms with E-state index in [4.69, 9.17) is 4.74 Å². The maximum atomic E-state index is 9.38. The lowest BCUT2D eigenvalue weighted by Gasteiger charge is -2.10. The Morgan fingerprint density at radius 1 is 1.17 bits per heavy atom. The van der Waals surface area contributed by atoms with Crippen molar-refractivity contribution >= 4 is 0 Å². The zero-order chi connectivity index (χ0) is 13.1. The van der Waals surface area contributed by atoms with Crippen molar-refractivity contribution in [2.45, 2.75) is 26.9 Å². The molecule has 1 N–H and O–H groups in total. The van der Waals surface area contributed by atoms with Gasteiger partial charge in [0.2, 0.25) is 0 Å². The van der Waals surface area contributed by atoms with Crippen LogP contribution in [0.25, 0.3) is 0 Å². The summed E-state index contributed by atoms with van der Waals surface area (Å²) in [5.74, 6) is 1.50. The van der Waals surface area contributed by atoms with E-state index in [1.807, 2.05) is 25.1 Å². The summed E-state index contributed by atoms with van der Waals surface area (Å²) in [5, 5.41) is 9.38. The molecule has 0 bridgehead atoms. The summed E-state index contributed by atoms with van der Waals surface area (Å²) in [5.41, 5.74) is 2.94. The first-order chi connectivity index (χ1) is 8.56. The van der Waals surface area contributed by atoms with E-state index >= 15 is 0 Å². The fraction of sp³-hybridized carbons (Fsp3) is 0.267. The number of rotatable bonds is 3. The van der Waals surface area contributed by atoms with Gasteiger partial charge in [0.15, 0.2) is 0 Å². The Morgan fingerprint density at radius 2 is 1.94 bits per heavy atom. The zero-order valence-electron chi connectivity index (χ0n) is 10.8. The maximum absolute atomic E-state index is 9.38. The predicted octanol–water partition coefficient (Wildman–Crippen LogP) is 3.54. The molecule has 0 aliphatic heterocycles. The van der Waals surface area contributed by atoms with Crippen LogP contribution in [0.1, 0.15) is 29.8 Å². The van der Waals surface area contributed by atoms with Gasteiger partial charge in [0.25, 0.3) is 0 Å². The summed E-state index contributed by atoms with van der Waals surface area (Å²) in [6.07, 6.45) is 1.07. The third kappa shape index (κ3) is 2.87. The second-order valence-corrected chi connectivity index (χ2v) is 4.47. The van der Waals surface area contributed by atoms with Crippen molar-refractivity contribution in [1.29, 1.82) is 0 Å². The highest BCUT2D eigenvalue weighted by Crippen LogP contribution is 2.25. The van der Waals surface area contributed by atoms with Crippen LogP contribution in [-0.2, 0) is 0 Å². The number of pyridine rings is 1. The van der Waals surface area contributed by atoms with Gasteiger partial charge < -0.3 is 9.84 Å². The van der Waals surface area contributed by atoms with Crippen LogP contribution in [0.4, 0.5) is 0 Å². The second-order valence-electron chi connectivity index (χ2n) is 4.47. The minimum Gasteiger partial charge on any atom is -0.455 e. The minimum atomic E-state index is -0.555. The van der Waals surface area contributed by atoms with Crippen LogP contribution in [0.3, 0.4) is 0 Å². The van der Waals surface area contributed by atoms with Gasteiger partial charge >= 0.3 is 0 Å². The highest BCUT2D eigenvalue weighted by Gasteiger charge is 2.04. The van der Waals surface area contributed by atoms with Gasteiger partial charge in [0.1, 0.15) is 11.5 Å². The third-order valence-corrected chi connectivity index (χ3v) is 2.75. The number of nitrogens with zero attached hydrogens (tertiary/aromatic N) is 1. The summed E-state index contributed by atoms with van der Waals surface area (Å²) in [6, 6.07) is 9.62. The zero-order valence-corrected chi connectivity index (χ0v) is 10.8. The van der Waals surface area contributed by atoms with Crippen molar-refractivity contribution in [3.63, 3.8) is 0 Å². The molecule has 2 aromatic rings. The summed E-state index contributed by atoms with van der Waals surface area (Å²) in [6.45, 7) is 5.75. The average Bonchev–Trinajstić information content (AvgIpc) is 2.33. The average molecular weight is 243 g/mol. The van der Waals surface area contributed by atoms with Crippen LogP contribution in [0, 0.1) is 13.8 Å². The van der Waals surface area contributed by atoms with E-state index in [1.165, 1.54) is 5.56 Å². The summed E-state index contributed by atoms with van der Waals surface area (Å²) < 4.78 is 5.75. The lowest BCUT2D eigenvalue weighted by atomic mass is 10.1. The summed E-state index contributed by atoms with van der Waals surface area (Å²) in [7, 11) is 0. The molecule has 18 heavy (non-hydrogen) atoms. The minimum absolute atomic E-state index is 0.555. The summed E-state index contributed by atoms with van der Waals surface area (Å²) in [4.78, 5) is 4.15. The maximum Gasteiger partial charge on any atom is 0.145 e. The molecule has 0 unspecified atom stereocenters. The van der Waals surface area contributed by atoms with Crippen molar-refractivity contribution in [2.24, 2.45) is 0 Å². The van der Waals surface area contributed by atoms with E-state index in [2.05, 4.69) is 18.0 Å². The van der Waals surface area contributed by atoms with E-state index < -0.39 is 6.10 Å². The number of ether oxygens (including phenoxy) is 1. The largest absolute Gasteiger partial charge is 0.455 e. The van der Waals surface area contributed by atoms with E-state index in [9.17, 15) is 5.11 Å². The fourth-order valence-electron chi connectivity index (χ4n) is 1.74. The topological polar surface area (TPSA) is 42.4 Å². The molecule has 3 nitrogen and oxygen atoms in total. The molecule has 0 saturated heterocycles. The van der Waals surface area contributed by atoms with Gasteiger partial charge in [-0.2, -0.15) is 0 Å². The van der Waals surface area contributed by atoms with Crippen molar-refractivity contribution in [2.75, 3.05) is 0 Å². The summed E-state index contributed by atoms with van der Waals surface area (Å²) >= 11 is 0. The van der Waals surface area contributed by atoms with E-state index in [1.54, 1.807) is 19.2 Å². The lowest BCUT2D eigenvalue weighted by molar-refractivity contribution is 0.194. The van der Waals surface area contributed by atoms with Crippen LogP contribution < -0.4 is 4.74 Å². The van der Waals surface area contributed by atoms with Crippen LogP contribution in [0.2, 0.25) is 0 Å². The molecule has 0 amide bonds. The molecule has 2 rings (SSSR count). The van der Waals surface area contributed by atoms with Gasteiger partial charge in [0.05, 0.1) is 18.0 Å². The Balaban J connectivity index is 2.18. The Hall–Kier alpha value is -1.87. The molecule has 1 aromatic carbocycles. The number of aliphatic hydroxyl groups excluding tert-OH is 1. The molecule has 94 valence electrons. The normalized spacial score (nSPS) is 12.2. The van der Waals surface area contributed by atoms with Crippen molar-refractivity contribution in [3.05, 3.63) is 53.3 Å². The van der Waals surface area contributed by atoms with Crippen LogP contribution in [0.5, 0.6) is 11.5 Å². The number of benzene rings is 1. The van der Waals surface area contributed by atoms with Crippen LogP contribution in [0.15, 0.2) is 36.5 Å².